The smallest absolute Gasteiger partial charge is 0.331 e. The molecule has 8 heteroatoms. The lowest BCUT2D eigenvalue weighted by molar-refractivity contribution is -0.142. The van der Waals surface area contributed by atoms with Crippen molar-refractivity contribution < 1.29 is 22.7 Å². The maximum absolute atomic E-state index is 12.7. The van der Waals surface area contributed by atoms with Crippen molar-refractivity contribution in [2.75, 3.05) is 25.0 Å². The molecule has 0 aliphatic rings. The molecule has 0 unspecified atom stereocenters. The summed E-state index contributed by atoms with van der Waals surface area (Å²) in [5.74, 6) is -1.21. The van der Waals surface area contributed by atoms with E-state index in [1.807, 2.05) is 30.3 Å². The molecule has 7 nitrogen and oxygen atoms in total. The van der Waals surface area contributed by atoms with E-state index in [1.54, 1.807) is 32.9 Å². The van der Waals surface area contributed by atoms with Gasteiger partial charge < -0.3 is 10.1 Å². The van der Waals surface area contributed by atoms with Gasteiger partial charge in [-0.3, -0.25) is 4.79 Å². The predicted molar refractivity (Wildman–Crippen MR) is 116 cm³/mol. The number of carbonyl (C=O) groups is 2. The number of carbonyl (C=O) groups excluding carboxylic acids is 2. The first-order chi connectivity index (χ1) is 14.3. The van der Waals surface area contributed by atoms with Gasteiger partial charge in [0.2, 0.25) is 10.0 Å². The third-order valence-corrected chi connectivity index (χ3v) is 6.43. The van der Waals surface area contributed by atoms with Crippen molar-refractivity contribution in [3.8, 4) is 0 Å². The van der Waals surface area contributed by atoms with Crippen molar-refractivity contribution in [2.24, 2.45) is 0 Å². The third-order valence-electron chi connectivity index (χ3n) is 4.38. The minimum absolute atomic E-state index is 0.0925. The molecular weight excluding hydrogens is 404 g/mol. The van der Waals surface area contributed by atoms with Crippen LogP contribution in [0.15, 0.2) is 59.5 Å². The number of nitrogens with one attached hydrogen (secondary N) is 1. The number of hydrogen-bond acceptors (Lipinski definition) is 5. The molecule has 2 aromatic carbocycles. The highest BCUT2D eigenvalue weighted by atomic mass is 32.2. The molecule has 0 saturated carbocycles. The number of ether oxygens (including phenoxy) is 1. The highest BCUT2D eigenvalue weighted by molar-refractivity contribution is 7.89. The molecule has 0 heterocycles. The zero-order valence-corrected chi connectivity index (χ0v) is 18.1. The minimum Gasteiger partial charge on any atom is -0.452 e. The maximum atomic E-state index is 12.7. The van der Waals surface area contributed by atoms with E-state index in [2.05, 4.69) is 5.32 Å². The van der Waals surface area contributed by atoms with Gasteiger partial charge in [0, 0.05) is 24.9 Å². The summed E-state index contributed by atoms with van der Waals surface area (Å²) >= 11 is 0. The van der Waals surface area contributed by atoms with Crippen molar-refractivity contribution in [1.82, 2.24) is 4.31 Å². The molecule has 0 bridgehead atoms. The number of benzene rings is 2. The Balaban J connectivity index is 2.01. The number of rotatable bonds is 9. The van der Waals surface area contributed by atoms with E-state index in [1.165, 1.54) is 22.5 Å². The normalized spacial score (nSPS) is 11.6. The van der Waals surface area contributed by atoms with Crippen LogP contribution in [0.3, 0.4) is 0 Å². The van der Waals surface area contributed by atoms with Crippen molar-refractivity contribution in [1.29, 1.82) is 0 Å². The average molecular weight is 431 g/mol. The lowest BCUT2D eigenvalue weighted by Crippen LogP contribution is -2.30. The van der Waals surface area contributed by atoms with Gasteiger partial charge in [-0.1, -0.05) is 50.2 Å². The van der Waals surface area contributed by atoms with Gasteiger partial charge in [-0.25, -0.2) is 13.2 Å². The second-order valence-electron chi connectivity index (χ2n) is 6.47. The average Bonchev–Trinajstić information content (AvgIpc) is 2.73. The Morgan fingerprint density at radius 2 is 1.73 bits per heavy atom. The number of amides is 1. The Bertz CT molecular complexity index is 1010. The van der Waals surface area contributed by atoms with Gasteiger partial charge in [-0.2, -0.15) is 4.31 Å². The second kappa shape index (κ2) is 10.7. The van der Waals surface area contributed by atoms with Crippen LogP contribution >= 0.6 is 0 Å². The zero-order chi connectivity index (χ0) is 22.1. The highest BCUT2D eigenvalue weighted by Gasteiger charge is 2.22. The molecule has 1 amide bonds. The summed E-state index contributed by atoms with van der Waals surface area (Å²) in [7, 11) is -3.65. The van der Waals surface area contributed by atoms with Crippen LogP contribution in [0.4, 0.5) is 5.69 Å². The third kappa shape index (κ3) is 6.27. The van der Waals surface area contributed by atoms with E-state index >= 15 is 0 Å². The van der Waals surface area contributed by atoms with Crippen LogP contribution in [0.5, 0.6) is 0 Å². The number of sulfonamides is 1. The first-order valence-electron chi connectivity index (χ1n) is 9.58. The number of anilines is 1. The Labute approximate surface area is 177 Å². The molecule has 0 fully saturated rings. The van der Waals surface area contributed by atoms with Crippen LogP contribution in [-0.2, 0) is 24.3 Å². The minimum atomic E-state index is -3.65. The molecule has 0 atom stereocenters. The lowest BCUT2D eigenvalue weighted by atomic mass is 10.2. The topological polar surface area (TPSA) is 92.8 Å². The molecule has 2 aromatic rings. The van der Waals surface area contributed by atoms with Gasteiger partial charge in [-0.15, -0.1) is 0 Å². The summed E-state index contributed by atoms with van der Waals surface area (Å²) < 4.78 is 31.6. The SMILES string of the molecule is CCN(CC)S(=O)(=O)c1ccc(C)c(NC(=O)COC(=O)/C=C/c2ccccc2)c1. The second-order valence-corrected chi connectivity index (χ2v) is 8.40. The van der Waals surface area contributed by atoms with E-state index in [0.29, 0.717) is 24.3 Å². The van der Waals surface area contributed by atoms with Crippen molar-refractivity contribution >= 4 is 33.7 Å². The molecule has 0 aromatic heterocycles. The van der Waals surface area contributed by atoms with Gasteiger partial charge in [-0.05, 0) is 36.3 Å². The van der Waals surface area contributed by atoms with E-state index in [9.17, 15) is 18.0 Å². The van der Waals surface area contributed by atoms with Crippen molar-refractivity contribution in [2.45, 2.75) is 25.7 Å². The van der Waals surface area contributed by atoms with Crippen LogP contribution in [0, 0.1) is 6.92 Å². The Morgan fingerprint density at radius 3 is 2.37 bits per heavy atom. The number of esters is 1. The standard InChI is InChI=1S/C22H26N2O5S/c1-4-24(5-2)30(27,28)19-13-11-17(3)20(15-19)23-21(25)16-29-22(26)14-12-18-9-7-6-8-10-18/h6-15H,4-5,16H2,1-3H3,(H,23,25)/b14-12+. The molecule has 0 saturated heterocycles. The molecule has 0 spiro atoms. The lowest BCUT2D eigenvalue weighted by Gasteiger charge is -2.19. The largest absolute Gasteiger partial charge is 0.452 e. The van der Waals surface area contributed by atoms with E-state index < -0.39 is 28.5 Å². The van der Waals surface area contributed by atoms with Crippen LogP contribution in [0.25, 0.3) is 6.08 Å². The van der Waals surface area contributed by atoms with Gasteiger partial charge in [0.05, 0.1) is 4.90 Å². The van der Waals surface area contributed by atoms with Crippen LogP contribution in [-0.4, -0.2) is 44.3 Å². The van der Waals surface area contributed by atoms with E-state index in [4.69, 9.17) is 4.74 Å². The van der Waals surface area contributed by atoms with E-state index in [-0.39, 0.29) is 4.90 Å². The molecule has 1 N–H and O–H groups in total. The van der Waals surface area contributed by atoms with Crippen LogP contribution < -0.4 is 5.32 Å². The van der Waals surface area contributed by atoms with Gasteiger partial charge in [0.1, 0.15) is 0 Å². The first-order valence-corrected chi connectivity index (χ1v) is 11.0. The summed E-state index contributed by atoms with van der Waals surface area (Å²) in [5, 5.41) is 2.60. The summed E-state index contributed by atoms with van der Waals surface area (Å²) in [4.78, 5) is 24.1. The van der Waals surface area contributed by atoms with Crippen LogP contribution in [0.1, 0.15) is 25.0 Å². The molecule has 160 valence electrons. The maximum Gasteiger partial charge on any atom is 0.331 e. The number of nitrogens with zero attached hydrogens (tertiary/aromatic N) is 1. The molecule has 0 radical (unpaired) electrons. The fraction of sp³-hybridized carbons (Fsp3) is 0.273. The van der Waals surface area contributed by atoms with Crippen LogP contribution in [0.2, 0.25) is 0 Å². The Hall–Kier alpha value is -2.97. The van der Waals surface area contributed by atoms with Crippen molar-refractivity contribution in [3.05, 3.63) is 65.7 Å². The summed E-state index contributed by atoms with van der Waals surface area (Å²) in [5.41, 5.74) is 1.88. The monoisotopic (exact) mass is 430 g/mol. The molecule has 0 aliphatic carbocycles. The highest BCUT2D eigenvalue weighted by Crippen LogP contribution is 2.23. The van der Waals surface area contributed by atoms with Gasteiger partial charge in [0.15, 0.2) is 6.61 Å². The fourth-order valence-corrected chi connectivity index (χ4v) is 4.19. The summed E-state index contributed by atoms with van der Waals surface area (Å²) in [6.07, 6.45) is 2.83. The van der Waals surface area contributed by atoms with E-state index in [0.717, 1.165) is 5.56 Å². The molecule has 2 rings (SSSR count). The van der Waals surface area contributed by atoms with Gasteiger partial charge in [0.25, 0.3) is 5.91 Å². The Kier molecular flexibility index (Phi) is 8.32. The number of hydrogen-bond donors (Lipinski definition) is 1. The molecular formula is C22H26N2O5S. The molecule has 30 heavy (non-hydrogen) atoms. The van der Waals surface area contributed by atoms with Crippen molar-refractivity contribution in [3.63, 3.8) is 0 Å². The quantitative estimate of drug-likeness (QED) is 0.487. The first kappa shape index (κ1) is 23.3. The zero-order valence-electron chi connectivity index (χ0n) is 17.3. The number of aryl methyl sites for hydroxylation is 1. The van der Waals surface area contributed by atoms with Gasteiger partial charge >= 0.3 is 5.97 Å². The Morgan fingerprint density at radius 1 is 1.07 bits per heavy atom. The molecule has 0 aliphatic heterocycles. The predicted octanol–water partition coefficient (Wildman–Crippen LogP) is 3.22. The fourth-order valence-electron chi connectivity index (χ4n) is 2.71. The summed E-state index contributed by atoms with van der Waals surface area (Å²) in [6, 6.07) is 13.8. The summed E-state index contributed by atoms with van der Waals surface area (Å²) in [6.45, 7) is 5.49.